The highest BCUT2D eigenvalue weighted by Crippen LogP contribution is 2.31. The predicted octanol–water partition coefficient (Wildman–Crippen LogP) is 2.32. The maximum Gasteiger partial charge on any atom is 0.286 e. The molecule has 1 aliphatic carbocycles. The third-order valence-electron chi connectivity index (χ3n) is 4.58. The third kappa shape index (κ3) is 3.18. The number of aromatic nitrogens is 3. The summed E-state index contributed by atoms with van der Waals surface area (Å²) in [6, 6.07) is 11.7. The lowest BCUT2D eigenvalue weighted by Gasteiger charge is -2.37. The Balaban J connectivity index is 1.76. The van der Waals surface area contributed by atoms with Crippen molar-refractivity contribution in [3.8, 4) is 5.69 Å². The van der Waals surface area contributed by atoms with E-state index in [0.717, 1.165) is 16.2 Å². The van der Waals surface area contributed by atoms with Crippen LogP contribution in [0.2, 0.25) is 0 Å². The summed E-state index contributed by atoms with van der Waals surface area (Å²) in [5.74, 6) is -0.753. The van der Waals surface area contributed by atoms with Crippen LogP contribution in [0.4, 0.5) is 4.39 Å². The Morgan fingerprint density at radius 1 is 1.19 bits per heavy atom. The SMILES string of the molecule is CS(=O)(=O)N(C(=O)c1ccc2cnn(-c3ccccc3)c2n1)C1CC(F)C1. The fraction of sp³-hybridized carbons (Fsp3) is 0.278. The lowest BCUT2D eigenvalue weighted by molar-refractivity contribution is 0.0635. The van der Waals surface area contributed by atoms with Gasteiger partial charge in [-0.05, 0) is 24.3 Å². The number of pyridine rings is 1. The number of sulfonamides is 1. The van der Waals surface area contributed by atoms with E-state index >= 15 is 0 Å². The number of alkyl halides is 1. The van der Waals surface area contributed by atoms with Crippen molar-refractivity contribution in [1.29, 1.82) is 0 Å². The van der Waals surface area contributed by atoms with Gasteiger partial charge in [0.15, 0.2) is 5.65 Å². The molecule has 1 aliphatic rings. The van der Waals surface area contributed by atoms with E-state index in [9.17, 15) is 17.6 Å². The largest absolute Gasteiger partial charge is 0.286 e. The van der Waals surface area contributed by atoms with E-state index in [-0.39, 0.29) is 18.5 Å². The molecule has 4 rings (SSSR count). The second-order valence-electron chi connectivity index (χ2n) is 6.59. The minimum Gasteiger partial charge on any atom is -0.266 e. The van der Waals surface area contributed by atoms with E-state index in [2.05, 4.69) is 10.1 Å². The summed E-state index contributed by atoms with van der Waals surface area (Å²) < 4.78 is 39.8. The molecule has 1 saturated carbocycles. The number of benzene rings is 1. The van der Waals surface area contributed by atoms with Gasteiger partial charge in [-0.15, -0.1) is 0 Å². The molecule has 0 unspecified atom stereocenters. The Kier molecular flexibility index (Phi) is 4.18. The molecule has 9 heteroatoms. The maximum atomic E-state index is 13.2. The minimum absolute atomic E-state index is 0.0169. The van der Waals surface area contributed by atoms with E-state index in [1.807, 2.05) is 30.3 Å². The van der Waals surface area contributed by atoms with Gasteiger partial charge < -0.3 is 0 Å². The maximum absolute atomic E-state index is 13.2. The van der Waals surface area contributed by atoms with Gasteiger partial charge in [0.05, 0.1) is 24.2 Å². The first-order valence-corrected chi connectivity index (χ1v) is 10.3. The second kappa shape index (κ2) is 6.41. The molecule has 3 aromatic rings. The summed E-state index contributed by atoms with van der Waals surface area (Å²) in [4.78, 5) is 17.2. The van der Waals surface area contributed by atoms with Crippen molar-refractivity contribution in [2.75, 3.05) is 6.26 Å². The van der Waals surface area contributed by atoms with Crippen LogP contribution in [0, 0.1) is 0 Å². The molecule has 0 saturated heterocycles. The van der Waals surface area contributed by atoms with Crippen LogP contribution in [-0.2, 0) is 10.0 Å². The second-order valence-corrected chi connectivity index (χ2v) is 8.45. The zero-order valence-corrected chi connectivity index (χ0v) is 15.3. The van der Waals surface area contributed by atoms with Crippen LogP contribution in [0.3, 0.4) is 0 Å². The molecule has 0 aliphatic heterocycles. The molecule has 7 nitrogen and oxygen atoms in total. The Morgan fingerprint density at radius 2 is 1.89 bits per heavy atom. The number of nitrogens with zero attached hydrogens (tertiary/aromatic N) is 4. The van der Waals surface area contributed by atoms with E-state index in [1.165, 1.54) is 6.07 Å². The summed E-state index contributed by atoms with van der Waals surface area (Å²) in [7, 11) is -3.84. The van der Waals surface area contributed by atoms with Crippen LogP contribution in [0.15, 0.2) is 48.7 Å². The fourth-order valence-electron chi connectivity index (χ4n) is 3.19. The lowest BCUT2D eigenvalue weighted by Crippen LogP contribution is -2.51. The summed E-state index contributed by atoms with van der Waals surface area (Å²) in [6.45, 7) is 0. The van der Waals surface area contributed by atoms with Crippen molar-refractivity contribution in [3.05, 3.63) is 54.4 Å². The Morgan fingerprint density at radius 3 is 2.52 bits per heavy atom. The number of carbonyl (C=O) groups excluding carboxylic acids is 1. The number of para-hydroxylation sites is 1. The number of carbonyl (C=O) groups is 1. The number of rotatable bonds is 4. The van der Waals surface area contributed by atoms with Crippen molar-refractivity contribution >= 4 is 27.0 Å². The zero-order chi connectivity index (χ0) is 19.2. The van der Waals surface area contributed by atoms with Gasteiger partial charge in [0.25, 0.3) is 5.91 Å². The van der Waals surface area contributed by atoms with Crippen molar-refractivity contribution in [2.24, 2.45) is 0 Å². The molecule has 0 spiro atoms. The molecule has 2 heterocycles. The normalized spacial score (nSPS) is 19.6. The molecule has 1 fully saturated rings. The average Bonchev–Trinajstić information content (AvgIpc) is 3.03. The number of fused-ring (bicyclic) bond motifs is 1. The van der Waals surface area contributed by atoms with E-state index < -0.39 is 28.1 Å². The number of hydrogen-bond acceptors (Lipinski definition) is 5. The van der Waals surface area contributed by atoms with Gasteiger partial charge in [0.2, 0.25) is 10.0 Å². The van der Waals surface area contributed by atoms with Gasteiger partial charge in [-0.2, -0.15) is 5.10 Å². The lowest BCUT2D eigenvalue weighted by atomic mass is 9.90. The van der Waals surface area contributed by atoms with Crippen LogP contribution in [0.25, 0.3) is 16.7 Å². The average molecular weight is 388 g/mol. The van der Waals surface area contributed by atoms with Gasteiger partial charge in [0, 0.05) is 18.2 Å². The molecule has 27 heavy (non-hydrogen) atoms. The summed E-state index contributed by atoms with van der Waals surface area (Å²) in [5.41, 5.74) is 1.19. The monoisotopic (exact) mass is 388 g/mol. The first kappa shape index (κ1) is 17.6. The minimum atomic E-state index is -3.84. The van der Waals surface area contributed by atoms with Crippen LogP contribution in [0.1, 0.15) is 23.3 Å². The van der Waals surface area contributed by atoms with Crippen LogP contribution in [-0.4, -0.2) is 51.9 Å². The van der Waals surface area contributed by atoms with Crippen molar-refractivity contribution in [1.82, 2.24) is 19.1 Å². The first-order chi connectivity index (χ1) is 12.8. The molecule has 0 atom stereocenters. The van der Waals surface area contributed by atoms with Gasteiger partial charge in [-0.3, -0.25) is 4.79 Å². The predicted molar refractivity (Wildman–Crippen MR) is 97.8 cm³/mol. The van der Waals surface area contributed by atoms with Crippen molar-refractivity contribution < 1.29 is 17.6 Å². The van der Waals surface area contributed by atoms with Crippen LogP contribution in [0.5, 0.6) is 0 Å². The van der Waals surface area contributed by atoms with Gasteiger partial charge in [-0.1, -0.05) is 18.2 Å². The summed E-state index contributed by atoms with van der Waals surface area (Å²) in [5, 5.41) is 5.01. The Bertz CT molecular complexity index is 1110. The Hall–Kier alpha value is -2.81. The Labute approximate surface area is 155 Å². The van der Waals surface area contributed by atoms with Crippen molar-refractivity contribution in [2.45, 2.75) is 25.1 Å². The number of halogens is 1. The van der Waals surface area contributed by atoms with Gasteiger partial charge in [0.1, 0.15) is 11.9 Å². The molecular formula is C18H17FN4O3S. The molecule has 0 N–H and O–H groups in total. The molecular weight excluding hydrogens is 371 g/mol. The summed E-state index contributed by atoms with van der Waals surface area (Å²) >= 11 is 0. The summed E-state index contributed by atoms with van der Waals surface area (Å²) in [6.07, 6.45) is 1.52. The van der Waals surface area contributed by atoms with Crippen LogP contribution >= 0.6 is 0 Å². The molecule has 140 valence electrons. The molecule has 0 radical (unpaired) electrons. The van der Waals surface area contributed by atoms with E-state index in [1.54, 1.807) is 16.9 Å². The first-order valence-electron chi connectivity index (χ1n) is 8.42. The van der Waals surface area contributed by atoms with Crippen molar-refractivity contribution in [3.63, 3.8) is 0 Å². The smallest absolute Gasteiger partial charge is 0.266 e. The van der Waals surface area contributed by atoms with Gasteiger partial charge in [-0.25, -0.2) is 26.8 Å². The fourth-order valence-corrected chi connectivity index (χ4v) is 4.30. The highest BCUT2D eigenvalue weighted by atomic mass is 32.2. The topological polar surface area (TPSA) is 85.2 Å². The number of hydrogen-bond donors (Lipinski definition) is 0. The highest BCUT2D eigenvalue weighted by Gasteiger charge is 2.41. The van der Waals surface area contributed by atoms with E-state index in [0.29, 0.717) is 11.0 Å². The van der Waals surface area contributed by atoms with E-state index in [4.69, 9.17) is 0 Å². The van der Waals surface area contributed by atoms with Gasteiger partial charge >= 0.3 is 0 Å². The zero-order valence-electron chi connectivity index (χ0n) is 14.5. The van der Waals surface area contributed by atoms with Crippen LogP contribution < -0.4 is 0 Å². The molecule has 2 aromatic heterocycles. The third-order valence-corrected chi connectivity index (χ3v) is 5.76. The standard InChI is InChI=1S/C18H17FN4O3S/c1-27(25,26)23(15-9-13(19)10-15)18(24)16-8-7-12-11-20-22(17(12)21-16)14-5-3-2-4-6-14/h2-8,11,13,15H,9-10H2,1H3. The quantitative estimate of drug-likeness (QED) is 0.685. The number of amides is 1. The molecule has 1 amide bonds. The highest BCUT2D eigenvalue weighted by molar-refractivity contribution is 7.88. The molecule has 1 aromatic carbocycles. The molecule has 0 bridgehead atoms.